The molecule has 1 fully saturated rings. The first-order valence-electron chi connectivity index (χ1n) is 8.67. The van der Waals surface area contributed by atoms with Gasteiger partial charge in [-0.25, -0.2) is 0 Å². The van der Waals surface area contributed by atoms with Crippen molar-refractivity contribution in [3.05, 3.63) is 70.1 Å². The van der Waals surface area contributed by atoms with Gasteiger partial charge in [0.05, 0.1) is 5.56 Å². The SMILES string of the molecule is Cn1cc(C(=O)N2CCCCC2CCc2ccccc2)ccc1=O. The summed E-state index contributed by atoms with van der Waals surface area (Å²) in [6.45, 7) is 0.807. The second kappa shape index (κ2) is 7.47. The van der Waals surface area contributed by atoms with Crippen molar-refractivity contribution in [3.8, 4) is 0 Å². The van der Waals surface area contributed by atoms with E-state index in [1.165, 1.54) is 22.6 Å². The molecule has 24 heavy (non-hydrogen) atoms. The Kier molecular flexibility index (Phi) is 5.14. The summed E-state index contributed by atoms with van der Waals surface area (Å²) in [5.74, 6) is 0.0448. The van der Waals surface area contributed by atoms with Gasteiger partial charge in [0.1, 0.15) is 0 Å². The number of aryl methyl sites for hydroxylation is 2. The van der Waals surface area contributed by atoms with Gasteiger partial charge in [-0.2, -0.15) is 0 Å². The summed E-state index contributed by atoms with van der Waals surface area (Å²) in [5.41, 5.74) is 1.83. The highest BCUT2D eigenvalue weighted by Crippen LogP contribution is 2.23. The molecule has 0 spiro atoms. The van der Waals surface area contributed by atoms with Crippen LogP contribution in [0.2, 0.25) is 0 Å². The van der Waals surface area contributed by atoms with Crippen LogP contribution < -0.4 is 5.56 Å². The standard InChI is InChI=1S/C20H24N2O2/c1-21-15-17(11-13-19(21)23)20(24)22-14-6-5-9-18(22)12-10-16-7-3-2-4-8-16/h2-4,7-8,11,13,15,18H,5-6,9-10,12,14H2,1H3. The van der Waals surface area contributed by atoms with E-state index < -0.39 is 0 Å². The Morgan fingerprint density at radius 2 is 1.92 bits per heavy atom. The number of aromatic nitrogens is 1. The fourth-order valence-corrected chi connectivity index (χ4v) is 3.43. The Morgan fingerprint density at radius 3 is 2.67 bits per heavy atom. The highest BCUT2D eigenvalue weighted by Gasteiger charge is 2.27. The van der Waals surface area contributed by atoms with E-state index in [1.807, 2.05) is 11.0 Å². The van der Waals surface area contributed by atoms with Crippen molar-refractivity contribution in [2.45, 2.75) is 38.1 Å². The highest BCUT2D eigenvalue weighted by molar-refractivity contribution is 5.94. The molecule has 0 N–H and O–H groups in total. The zero-order valence-corrected chi connectivity index (χ0v) is 14.1. The molecule has 1 amide bonds. The molecular formula is C20H24N2O2. The first-order chi connectivity index (χ1) is 11.6. The maximum Gasteiger partial charge on any atom is 0.255 e. The van der Waals surface area contributed by atoms with E-state index in [-0.39, 0.29) is 17.5 Å². The van der Waals surface area contributed by atoms with Crippen LogP contribution in [-0.2, 0) is 13.5 Å². The Morgan fingerprint density at radius 1 is 1.12 bits per heavy atom. The van der Waals surface area contributed by atoms with Crippen LogP contribution in [0, 0.1) is 0 Å². The number of nitrogens with zero attached hydrogens (tertiary/aromatic N) is 2. The third kappa shape index (κ3) is 3.75. The third-order valence-corrected chi connectivity index (χ3v) is 4.83. The predicted molar refractivity (Wildman–Crippen MR) is 95.1 cm³/mol. The van der Waals surface area contributed by atoms with Crippen LogP contribution >= 0.6 is 0 Å². The van der Waals surface area contributed by atoms with Crippen LogP contribution in [0.15, 0.2) is 53.5 Å². The van der Waals surface area contributed by atoms with E-state index in [0.29, 0.717) is 5.56 Å². The lowest BCUT2D eigenvalue weighted by molar-refractivity contribution is 0.0601. The smallest absolute Gasteiger partial charge is 0.255 e. The molecule has 4 nitrogen and oxygen atoms in total. The maximum absolute atomic E-state index is 12.9. The van der Waals surface area contributed by atoms with Gasteiger partial charge in [0, 0.05) is 31.9 Å². The van der Waals surface area contributed by atoms with E-state index in [9.17, 15) is 9.59 Å². The highest BCUT2D eigenvalue weighted by atomic mass is 16.2. The number of carbonyl (C=O) groups excluding carboxylic acids is 1. The molecule has 2 aromatic rings. The van der Waals surface area contributed by atoms with Crippen LogP contribution in [-0.4, -0.2) is 28.0 Å². The molecule has 1 saturated heterocycles. The van der Waals surface area contributed by atoms with Crippen molar-refractivity contribution in [2.24, 2.45) is 7.05 Å². The number of pyridine rings is 1. The molecule has 126 valence electrons. The fourth-order valence-electron chi connectivity index (χ4n) is 3.43. The quantitative estimate of drug-likeness (QED) is 0.867. The second-order valence-corrected chi connectivity index (χ2v) is 6.54. The fraction of sp³-hybridized carbons (Fsp3) is 0.400. The zero-order valence-electron chi connectivity index (χ0n) is 14.1. The first-order valence-corrected chi connectivity index (χ1v) is 8.67. The summed E-state index contributed by atoms with van der Waals surface area (Å²) in [7, 11) is 1.68. The number of rotatable bonds is 4. The van der Waals surface area contributed by atoms with E-state index in [4.69, 9.17) is 0 Å². The lowest BCUT2D eigenvalue weighted by atomic mass is 9.95. The van der Waals surface area contributed by atoms with Gasteiger partial charge in [-0.1, -0.05) is 30.3 Å². The van der Waals surface area contributed by atoms with Gasteiger partial charge in [-0.05, 0) is 43.7 Å². The molecule has 1 unspecified atom stereocenters. The maximum atomic E-state index is 12.9. The Bertz CT molecular complexity index is 752. The summed E-state index contributed by atoms with van der Waals surface area (Å²) in [4.78, 5) is 26.4. The zero-order chi connectivity index (χ0) is 16.9. The number of hydrogen-bond donors (Lipinski definition) is 0. The molecule has 1 aromatic heterocycles. The van der Waals surface area contributed by atoms with Gasteiger partial charge in [0.2, 0.25) is 5.56 Å². The second-order valence-electron chi connectivity index (χ2n) is 6.54. The lowest BCUT2D eigenvalue weighted by Gasteiger charge is -2.36. The number of carbonyl (C=O) groups is 1. The van der Waals surface area contributed by atoms with Crippen LogP contribution in [0.5, 0.6) is 0 Å². The molecule has 1 atom stereocenters. The monoisotopic (exact) mass is 324 g/mol. The number of benzene rings is 1. The summed E-state index contributed by atoms with van der Waals surface area (Å²) < 4.78 is 1.47. The first kappa shape index (κ1) is 16.5. The van der Waals surface area contributed by atoms with Crippen molar-refractivity contribution in [1.29, 1.82) is 0 Å². The van der Waals surface area contributed by atoms with Crippen LogP contribution in [0.25, 0.3) is 0 Å². The molecular weight excluding hydrogens is 300 g/mol. The summed E-state index contributed by atoms with van der Waals surface area (Å²) in [5, 5.41) is 0. The van der Waals surface area contributed by atoms with E-state index in [0.717, 1.165) is 32.2 Å². The van der Waals surface area contributed by atoms with Gasteiger partial charge in [0.15, 0.2) is 0 Å². The molecule has 0 aliphatic carbocycles. The van der Waals surface area contributed by atoms with Crippen molar-refractivity contribution in [1.82, 2.24) is 9.47 Å². The largest absolute Gasteiger partial charge is 0.336 e. The van der Waals surface area contributed by atoms with E-state index in [2.05, 4.69) is 24.3 Å². The molecule has 3 rings (SSSR count). The number of likely N-dealkylation sites (tertiary alicyclic amines) is 1. The van der Waals surface area contributed by atoms with Crippen molar-refractivity contribution in [2.75, 3.05) is 6.54 Å². The molecule has 2 heterocycles. The molecule has 1 aliphatic heterocycles. The average molecular weight is 324 g/mol. The molecule has 4 heteroatoms. The van der Waals surface area contributed by atoms with Crippen molar-refractivity contribution in [3.63, 3.8) is 0 Å². The lowest BCUT2D eigenvalue weighted by Crippen LogP contribution is -2.44. The minimum Gasteiger partial charge on any atom is -0.336 e. The van der Waals surface area contributed by atoms with Gasteiger partial charge in [-0.15, -0.1) is 0 Å². The minimum atomic E-state index is -0.0918. The van der Waals surface area contributed by atoms with Gasteiger partial charge in [-0.3, -0.25) is 9.59 Å². The Balaban J connectivity index is 1.72. The molecule has 0 radical (unpaired) electrons. The number of piperidine rings is 1. The van der Waals surface area contributed by atoms with Crippen LogP contribution in [0.3, 0.4) is 0 Å². The minimum absolute atomic E-state index is 0.0448. The van der Waals surface area contributed by atoms with E-state index >= 15 is 0 Å². The predicted octanol–water partition coefficient (Wildman–Crippen LogP) is 3.01. The van der Waals surface area contributed by atoms with Crippen molar-refractivity contribution < 1.29 is 4.79 Å². The molecule has 1 aromatic carbocycles. The Hall–Kier alpha value is -2.36. The van der Waals surface area contributed by atoms with Gasteiger partial charge >= 0.3 is 0 Å². The summed E-state index contributed by atoms with van der Waals surface area (Å²) in [6, 6.07) is 13.8. The molecule has 0 bridgehead atoms. The summed E-state index contributed by atoms with van der Waals surface area (Å²) in [6.07, 6.45) is 6.91. The average Bonchev–Trinajstić information content (AvgIpc) is 2.63. The topological polar surface area (TPSA) is 42.3 Å². The van der Waals surface area contributed by atoms with E-state index in [1.54, 1.807) is 19.3 Å². The van der Waals surface area contributed by atoms with Gasteiger partial charge < -0.3 is 9.47 Å². The molecule has 0 saturated carbocycles. The summed E-state index contributed by atoms with van der Waals surface area (Å²) >= 11 is 0. The van der Waals surface area contributed by atoms with Crippen molar-refractivity contribution >= 4 is 5.91 Å². The molecule has 1 aliphatic rings. The van der Waals surface area contributed by atoms with Crippen LogP contribution in [0.4, 0.5) is 0 Å². The Labute approximate surface area is 142 Å². The third-order valence-electron chi connectivity index (χ3n) is 4.83. The van der Waals surface area contributed by atoms with Gasteiger partial charge in [0.25, 0.3) is 5.91 Å². The number of amides is 1. The normalized spacial score (nSPS) is 17.7. The van der Waals surface area contributed by atoms with Crippen LogP contribution in [0.1, 0.15) is 41.6 Å². The number of hydrogen-bond acceptors (Lipinski definition) is 2.